The van der Waals surface area contributed by atoms with Crippen LogP contribution in [0, 0.1) is 0 Å². The summed E-state index contributed by atoms with van der Waals surface area (Å²) in [6, 6.07) is 22.8. The van der Waals surface area contributed by atoms with Crippen molar-refractivity contribution in [1.82, 2.24) is 9.80 Å². The number of rotatable bonds is 11. The summed E-state index contributed by atoms with van der Waals surface area (Å²) in [4.78, 5) is 29.7. The molecule has 0 bridgehead atoms. The molecule has 0 radical (unpaired) electrons. The Morgan fingerprint density at radius 3 is 2.23 bits per heavy atom. The number of piperazine rings is 1. The van der Waals surface area contributed by atoms with Gasteiger partial charge in [0.05, 0.1) is 12.7 Å². The summed E-state index contributed by atoms with van der Waals surface area (Å²) in [6.45, 7) is 8.84. The van der Waals surface area contributed by atoms with Gasteiger partial charge < -0.3 is 14.4 Å². The minimum atomic E-state index is -0.540. The maximum Gasteiger partial charge on any atom is 0.411 e. The van der Waals surface area contributed by atoms with Crippen LogP contribution in [-0.2, 0) is 28.9 Å². The topological polar surface area (TPSA) is 71.1 Å². The average molecular weight is 564 g/mol. The van der Waals surface area contributed by atoms with Gasteiger partial charge >= 0.3 is 6.09 Å². The number of anilines is 1. The van der Waals surface area contributed by atoms with Crippen molar-refractivity contribution in [2.75, 3.05) is 44.6 Å². The molecule has 0 saturated carbocycles. The highest BCUT2D eigenvalue weighted by Gasteiger charge is 2.22. The van der Waals surface area contributed by atoms with E-state index >= 15 is 0 Å². The van der Waals surface area contributed by atoms with E-state index in [1.54, 1.807) is 24.3 Å². The second-order valence-corrected chi connectivity index (χ2v) is 10.7. The van der Waals surface area contributed by atoms with E-state index in [0.29, 0.717) is 30.9 Å². The third kappa shape index (κ3) is 9.08. The van der Waals surface area contributed by atoms with Gasteiger partial charge in [-0.25, -0.2) is 4.79 Å². The lowest BCUT2D eigenvalue weighted by atomic mass is 10.1. The summed E-state index contributed by atoms with van der Waals surface area (Å²) in [6.07, 6.45) is 1.36. The van der Waals surface area contributed by atoms with Crippen molar-refractivity contribution in [3.63, 3.8) is 0 Å². The number of hydrogen-bond donors (Lipinski definition) is 1. The van der Waals surface area contributed by atoms with Crippen molar-refractivity contribution in [3.05, 3.63) is 100 Å². The first-order chi connectivity index (χ1) is 19.4. The van der Waals surface area contributed by atoms with E-state index in [4.69, 9.17) is 21.1 Å². The molecular weight excluding hydrogens is 526 g/mol. The number of nitrogens with one attached hydrogen (secondary N) is 1. The molecule has 1 heterocycles. The van der Waals surface area contributed by atoms with E-state index in [1.807, 2.05) is 55.1 Å². The van der Waals surface area contributed by atoms with E-state index < -0.39 is 6.09 Å². The second-order valence-electron chi connectivity index (χ2n) is 10.2. The number of halogens is 1. The van der Waals surface area contributed by atoms with Gasteiger partial charge in [0.15, 0.2) is 0 Å². The number of amides is 2. The summed E-state index contributed by atoms with van der Waals surface area (Å²) < 4.78 is 11.1. The Morgan fingerprint density at radius 2 is 1.55 bits per heavy atom. The summed E-state index contributed by atoms with van der Waals surface area (Å²) in [5, 5.41) is 3.50. The first-order valence-corrected chi connectivity index (χ1v) is 14.2. The van der Waals surface area contributed by atoms with Crippen LogP contribution < -0.4 is 5.32 Å². The largest absolute Gasteiger partial charge is 0.444 e. The fourth-order valence-corrected chi connectivity index (χ4v) is 4.76. The van der Waals surface area contributed by atoms with Gasteiger partial charge in [0.2, 0.25) is 0 Å². The highest BCUT2D eigenvalue weighted by atomic mass is 35.5. The van der Waals surface area contributed by atoms with Gasteiger partial charge in [0.1, 0.15) is 6.61 Å². The molecule has 1 aliphatic rings. The van der Waals surface area contributed by atoms with Crippen molar-refractivity contribution in [1.29, 1.82) is 0 Å². The molecule has 1 saturated heterocycles. The molecule has 3 aromatic carbocycles. The van der Waals surface area contributed by atoms with Gasteiger partial charge in [-0.15, -0.1) is 0 Å². The van der Waals surface area contributed by atoms with Crippen LogP contribution in [0.3, 0.4) is 0 Å². The highest BCUT2D eigenvalue weighted by molar-refractivity contribution is 6.30. The van der Waals surface area contributed by atoms with Crippen molar-refractivity contribution in [2.24, 2.45) is 0 Å². The third-order valence-corrected chi connectivity index (χ3v) is 7.22. The molecule has 8 heteroatoms. The maximum atomic E-state index is 13.0. The number of benzene rings is 3. The van der Waals surface area contributed by atoms with Crippen molar-refractivity contribution < 1.29 is 19.1 Å². The SMILES string of the molecule is CC(C)OCCc1ccccc1COC(=O)Nc1ccc(C(=O)N2CCN(CCc3ccc(Cl)cc3)CC2)cc1. The van der Waals surface area contributed by atoms with E-state index in [-0.39, 0.29) is 18.6 Å². The van der Waals surface area contributed by atoms with Crippen LogP contribution in [-0.4, -0.2) is 67.2 Å². The van der Waals surface area contributed by atoms with Gasteiger partial charge in [-0.3, -0.25) is 15.0 Å². The van der Waals surface area contributed by atoms with Crippen LogP contribution in [0.15, 0.2) is 72.8 Å². The molecule has 0 spiro atoms. The molecule has 1 aliphatic heterocycles. The molecule has 3 aromatic rings. The summed E-state index contributed by atoms with van der Waals surface area (Å²) in [5.41, 5.74) is 4.49. The van der Waals surface area contributed by atoms with Gasteiger partial charge in [-0.1, -0.05) is 48.0 Å². The monoisotopic (exact) mass is 563 g/mol. The van der Waals surface area contributed by atoms with Crippen LogP contribution in [0.2, 0.25) is 5.02 Å². The highest BCUT2D eigenvalue weighted by Crippen LogP contribution is 2.16. The van der Waals surface area contributed by atoms with Crippen LogP contribution >= 0.6 is 11.6 Å². The Hall–Kier alpha value is -3.39. The molecule has 40 heavy (non-hydrogen) atoms. The van der Waals surface area contributed by atoms with Crippen molar-refractivity contribution in [3.8, 4) is 0 Å². The van der Waals surface area contributed by atoms with Gasteiger partial charge in [-0.05, 0) is 79.8 Å². The fourth-order valence-electron chi connectivity index (χ4n) is 4.64. The molecule has 0 atom stereocenters. The standard InChI is InChI=1S/C32H38ClN3O4/c1-24(2)39-22-16-26-5-3-4-6-28(26)23-40-32(38)34-30-13-9-27(10-14-30)31(37)36-20-18-35(19-21-36)17-15-25-7-11-29(33)12-8-25/h3-14,24H,15-23H2,1-2H3,(H,34,38). The predicted molar refractivity (Wildman–Crippen MR) is 159 cm³/mol. The molecule has 1 N–H and O–H groups in total. The van der Waals surface area contributed by atoms with Crippen molar-refractivity contribution >= 4 is 29.3 Å². The van der Waals surface area contributed by atoms with Crippen molar-refractivity contribution in [2.45, 2.75) is 39.4 Å². The molecular formula is C32H38ClN3O4. The minimum absolute atomic E-state index is 0.00420. The first-order valence-electron chi connectivity index (χ1n) is 13.9. The van der Waals surface area contributed by atoms with Crippen LogP contribution in [0.5, 0.6) is 0 Å². The fraction of sp³-hybridized carbons (Fsp3) is 0.375. The summed E-state index contributed by atoms with van der Waals surface area (Å²) >= 11 is 5.97. The van der Waals surface area contributed by atoms with Gasteiger partial charge in [-0.2, -0.15) is 0 Å². The third-order valence-electron chi connectivity index (χ3n) is 6.97. The van der Waals surface area contributed by atoms with E-state index in [1.165, 1.54) is 5.56 Å². The number of hydrogen-bond acceptors (Lipinski definition) is 5. The molecule has 0 aromatic heterocycles. The van der Waals surface area contributed by atoms with Crippen LogP contribution in [0.25, 0.3) is 0 Å². The second kappa shape index (κ2) is 14.8. The van der Waals surface area contributed by atoms with E-state index in [9.17, 15) is 9.59 Å². The van der Waals surface area contributed by atoms with Gasteiger partial charge in [0, 0.05) is 49.0 Å². The predicted octanol–water partition coefficient (Wildman–Crippen LogP) is 6.06. The Kier molecular flexibility index (Phi) is 11.0. The average Bonchev–Trinajstić information content (AvgIpc) is 2.96. The summed E-state index contributed by atoms with van der Waals surface area (Å²) in [7, 11) is 0. The molecule has 212 valence electrons. The lowest BCUT2D eigenvalue weighted by Crippen LogP contribution is -2.49. The Balaban J connectivity index is 1.20. The minimum Gasteiger partial charge on any atom is -0.444 e. The molecule has 1 fully saturated rings. The molecule has 7 nitrogen and oxygen atoms in total. The zero-order valence-corrected chi connectivity index (χ0v) is 24.0. The lowest BCUT2D eigenvalue weighted by Gasteiger charge is -2.34. The quantitative estimate of drug-likeness (QED) is 0.307. The number of carbonyl (C=O) groups excluding carboxylic acids is 2. The number of ether oxygens (including phenoxy) is 2. The Morgan fingerprint density at radius 1 is 0.875 bits per heavy atom. The smallest absolute Gasteiger partial charge is 0.411 e. The molecule has 2 amide bonds. The number of nitrogens with zero attached hydrogens (tertiary/aromatic N) is 2. The maximum absolute atomic E-state index is 13.0. The number of carbonyl (C=O) groups is 2. The molecule has 0 aliphatic carbocycles. The van der Waals surface area contributed by atoms with E-state index in [2.05, 4.69) is 22.3 Å². The van der Waals surface area contributed by atoms with Crippen LogP contribution in [0.4, 0.5) is 10.5 Å². The Bertz CT molecular complexity index is 1240. The lowest BCUT2D eigenvalue weighted by molar-refractivity contribution is 0.0638. The Labute approximate surface area is 242 Å². The van der Waals surface area contributed by atoms with Crippen LogP contribution in [0.1, 0.15) is 40.9 Å². The molecule has 0 unspecified atom stereocenters. The molecule has 4 rings (SSSR count). The van der Waals surface area contributed by atoms with E-state index in [0.717, 1.165) is 48.6 Å². The normalized spacial score (nSPS) is 13.8. The zero-order valence-electron chi connectivity index (χ0n) is 23.3. The van der Waals surface area contributed by atoms with Gasteiger partial charge in [0.25, 0.3) is 5.91 Å². The zero-order chi connectivity index (χ0) is 28.3. The first kappa shape index (κ1) is 29.6. The summed E-state index contributed by atoms with van der Waals surface area (Å²) in [5.74, 6) is 0.00420.